The minimum absolute atomic E-state index is 0.761. The molecule has 1 fully saturated rings. The van der Waals surface area contributed by atoms with Crippen LogP contribution in [-0.4, -0.2) is 46.6 Å². The van der Waals surface area contributed by atoms with Gasteiger partial charge in [0, 0.05) is 25.3 Å². The fraction of sp³-hybridized carbons (Fsp3) is 0.857. The lowest BCUT2D eigenvalue weighted by molar-refractivity contribution is 0.163. The van der Waals surface area contributed by atoms with E-state index in [9.17, 15) is 0 Å². The van der Waals surface area contributed by atoms with Crippen molar-refractivity contribution in [2.75, 3.05) is 20.6 Å². The van der Waals surface area contributed by atoms with Crippen LogP contribution in [0.3, 0.4) is 0 Å². The Hall–Kier alpha value is -0.940. The van der Waals surface area contributed by atoms with Gasteiger partial charge in [0.2, 0.25) is 0 Å². The van der Waals surface area contributed by atoms with Crippen molar-refractivity contribution in [1.29, 1.82) is 0 Å². The van der Waals surface area contributed by atoms with Crippen molar-refractivity contribution in [2.45, 2.75) is 51.7 Å². The van der Waals surface area contributed by atoms with E-state index in [1.54, 1.807) is 0 Å². The topological polar surface area (TPSA) is 46.0 Å². The summed E-state index contributed by atoms with van der Waals surface area (Å²) in [6.07, 6.45) is 7.49. The number of rotatable bonds is 6. The van der Waals surface area contributed by atoms with Crippen molar-refractivity contribution < 1.29 is 0 Å². The first kappa shape index (κ1) is 14.5. The van der Waals surface area contributed by atoms with Gasteiger partial charge in [-0.15, -0.1) is 5.10 Å². The molecule has 0 spiro atoms. The van der Waals surface area contributed by atoms with E-state index in [0.29, 0.717) is 0 Å². The van der Waals surface area contributed by atoms with Crippen molar-refractivity contribution in [3.63, 3.8) is 0 Å². The molecule has 1 N–H and O–H groups in total. The average Bonchev–Trinajstić information content (AvgIpc) is 2.85. The van der Waals surface area contributed by atoms with E-state index in [1.807, 2.05) is 17.9 Å². The first-order valence-corrected chi connectivity index (χ1v) is 7.43. The zero-order valence-corrected chi connectivity index (χ0v) is 12.5. The monoisotopic (exact) mass is 265 g/mol. The van der Waals surface area contributed by atoms with Gasteiger partial charge in [-0.05, 0) is 45.7 Å². The zero-order valence-electron chi connectivity index (χ0n) is 12.5. The molecule has 1 aromatic rings. The van der Waals surface area contributed by atoms with Crippen molar-refractivity contribution in [3.05, 3.63) is 11.9 Å². The van der Waals surface area contributed by atoms with Crippen LogP contribution < -0.4 is 5.32 Å². The van der Waals surface area contributed by atoms with Crippen LogP contribution in [0, 0.1) is 5.92 Å². The van der Waals surface area contributed by atoms with E-state index >= 15 is 0 Å². The molecule has 5 nitrogen and oxygen atoms in total. The Morgan fingerprint density at radius 1 is 1.37 bits per heavy atom. The molecule has 19 heavy (non-hydrogen) atoms. The quantitative estimate of drug-likeness (QED) is 0.847. The molecule has 0 aliphatic heterocycles. The molecule has 1 aromatic heterocycles. The molecule has 108 valence electrons. The van der Waals surface area contributed by atoms with Gasteiger partial charge in [0.05, 0.1) is 12.2 Å². The second-order valence-corrected chi connectivity index (χ2v) is 5.90. The molecule has 1 heterocycles. The summed E-state index contributed by atoms with van der Waals surface area (Å²) in [6.45, 7) is 5.14. The van der Waals surface area contributed by atoms with Gasteiger partial charge in [-0.25, -0.2) is 0 Å². The normalized spacial score (nSPS) is 24.0. The predicted octanol–water partition coefficient (Wildman–Crippen LogP) is 1.51. The van der Waals surface area contributed by atoms with Gasteiger partial charge < -0.3 is 10.2 Å². The maximum absolute atomic E-state index is 4.16. The molecular weight excluding hydrogens is 238 g/mol. The fourth-order valence-corrected chi connectivity index (χ4v) is 2.84. The second kappa shape index (κ2) is 7.01. The van der Waals surface area contributed by atoms with Crippen LogP contribution in [0.25, 0.3) is 0 Å². The van der Waals surface area contributed by atoms with Crippen LogP contribution in [0.2, 0.25) is 0 Å². The van der Waals surface area contributed by atoms with E-state index < -0.39 is 0 Å². The highest BCUT2D eigenvalue weighted by Crippen LogP contribution is 2.26. The van der Waals surface area contributed by atoms with Gasteiger partial charge >= 0.3 is 0 Å². The number of aromatic nitrogens is 3. The molecule has 0 radical (unpaired) electrons. The van der Waals surface area contributed by atoms with Gasteiger partial charge in [0.15, 0.2) is 0 Å². The number of hydrogen-bond donors (Lipinski definition) is 1. The Morgan fingerprint density at radius 2 is 2.11 bits per heavy atom. The van der Waals surface area contributed by atoms with Crippen LogP contribution in [-0.2, 0) is 13.1 Å². The SMILES string of the molecule is CNCc1cn(CCN(C)C2CCC(C)CC2)nn1. The van der Waals surface area contributed by atoms with Gasteiger partial charge in [-0.2, -0.15) is 0 Å². The van der Waals surface area contributed by atoms with Crippen molar-refractivity contribution in [2.24, 2.45) is 5.92 Å². The lowest BCUT2D eigenvalue weighted by atomic mass is 9.87. The molecule has 5 heteroatoms. The Kier molecular flexibility index (Phi) is 5.34. The first-order chi connectivity index (χ1) is 9.19. The smallest absolute Gasteiger partial charge is 0.0964 e. The van der Waals surface area contributed by atoms with Crippen molar-refractivity contribution in [1.82, 2.24) is 25.2 Å². The molecule has 0 saturated heterocycles. The number of hydrogen-bond acceptors (Lipinski definition) is 4. The first-order valence-electron chi connectivity index (χ1n) is 7.43. The number of nitrogens with one attached hydrogen (secondary N) is 1. The van der Waals surface area contributed by atoms with E-state index in [2.05, 4.69) is 34.5 Å². The number of nitrogens with zero attached hydrogens (tertiary/aromatic N) is 4. The standard InChI is InChI=1S/C14H27N5/c1-12-4-6-14(7-5-12)18(3)8-9-19-11-13(10-15-2)16-17-19/h11-12,14-15H,4-10H2,1-3H3. The number of likely N-dealkylation sites (N-methyl/N-ethyl adjacent to an activating group) is 1. The maximum atomic E-state index is 4.16. The predicted molar refractivity (Wildman–Crippen MR) is 76.8 cm³/mol. The molecule has 0 atom stereocenters. The summed E-state index contributed by atoms with van der Waals surface area (Å²) in [5.74, 6) is 0.920. The Labute approximate surface area is 116 Å². The van der Waals surface area contributed by atoms with Crippen molar-refractivity contribution >= 4 is 0 Å². The third kappa shape index (κ3) is 4.28. The molecule has 1 aliphatic rings. The van der Waals surface area contributed by atoms with Gasteiger partial charge in [-0.1, -0.05) is 12.1 Å². The lowest BCUT2D eigenvalue weighted by Crippen LogP contribution is -2.36. The second-order valence-electron chi connectivity index (χ2n) is 5.90. The largest absolute Gasteiger partial charge is 0.314 e. The highest BCUT2D eigenvalue weighted by Gasteiger charge is 2.21. The van der Waals surface area contributed by atoms with Crippen LogP contribution in [0.1, 0.15) is 38.3 Å². The summed E-state index contributed by atoms with van der Waals surface area (Å²) >= 11 is 0. The third-order valence-corrected chi connectivity index (χ3v) is 4.23. The Balaban J connectivity index is 1.74. The molecule has 0 amide bonds. The summed E-state index contributed by atoms with van der Waals surface area (Å²) in [6, 6.07) is 0.761. The summed E-state index contributed by atoms with van der Waals surface area (Å²) in [5.41, 5.74) is 1.01. The van der Waals surface area contributed by atoms with Gasteiger partial charge in [-0.3, -0.25) is 4.68 Å². The van der Waals surface area contributed by atoms with Crippen LogP contribution in [0.5, 0.6) is 0 Å². The summed E-state index contributed by atoms with van der Waals surface area (Å²) < 4.78 is 1.95. The van der Waals surface area contributed by atoms with E-state index in [1.165, 1.54) is 25.7 Å². The Bertz CT molecular complexity index is 368. The summed E-state index contributed by atoms with van der Waals surface area (Å²) in [4.78, 5) is 2.49. The lowest BCUT2D eigenvalue weighted by Gasteiger charge is -2.33. The molecule has 2 rings (SSSR count). The Morgan fingerprint density at radius 3 is 2.79 bits per heavy atom. The van der Waals surface area contributed by atoms with Crippen LogP contribution in [0.4, 0.5) is 0 Å². The van der Waals surface area contributed by atoms with Gasteiger partial charge in [0.1, 0.15) is 0 Å². The summed E-state index contributed by atoms with van der Waals surface area (Å²) in [7, 11) is 4.17. The molecule has 0 aromatic carbocycles. The van der Waals surface area contributed by atoms with Crippen LogP contribution in [0.15, 0.2) is 6.20 Å². The molecule has 1 aliphatic carbocycles. The van der Waals surface area contributed by atoms with E-state index in [-0.39, 0.29) is 0 Å². The van der Waals surface area contributed by atoms with Crippen molar-refractivity contribution in [3.8, 4) is 0 Å². The average molecular weight is 265 g/mol. The molecule has 0 unspecified atom stereocenters. The zero-order chi connectivity index (χ0) is 13.7. The summed E-state index contributed by atoms with van der Waals surface area (Å²) in [5, 5.41) is 11.4. The minimum atomic E-state index is 0.761. The third-order valence-electron chi connectivity index (χ3n) is 4.23. The maximum Gasteiger partial charge on any atom is 0.0964 e. The van der Waals surface area contributed by atoms with Crippen LogP contribution >= 0.6 is 0 Å². The highest BCUT2D eigenvalue weighted by molar-refractivity contribution is 4.91. The minimum Gasteiger partial charge on any atom is -0.314 e. The highest BCUT2D eigenvalue weighted by atomic mass is 15.4. The molecule has 1 saturated carbocycles. The van der Waals surface area contributed by atoms with E-state index in [4.69, 9.17) is 0 Å². The fourth-order valence-electron chi connectivity index (χ4n) is 2.84. The molecular formula is C14H27N5. The molecule has 0 bridgehead atoms. The van der Waals surface area contributed by atoms with E-state index in [0.717, 1.165) is 37.3 Å². The van der Waals surface area contributed by atoms with Gasteiger partial charge in [0.25, 0.3) is 0 Å².